The molecule has 1 amide bonds. The van der Waals surface area contributed by atoms with E-state index in [0.717, 1.165) is 5.69 Å². The van der Waals surface area contributed by atoms with Crippen LogP contribution >= 0.6 is 0 Å². The van der Waals surface area contributed by atoms with Crippen molar-refractivity contribution in [3.63, 3.8) is 0 Å². The number of hydrogen-bond donors (Lipinski definition) is 1. The van der Waals surface area contributed by atoms with E-state index < -0.39 is 5.91 Å². The summed E-state index contributed by atoms with van der Waals surface area (Å²) in [6.07, 6.45) is 3.56. The van der Waals surface area contributed by atoms with Crippen LogP contribution in [0.4, 0.5) is 5.69 Å². The SMILES string of the molecule is C=CCN(CC=C)c1ccccc1C(N)=O. The third kappa shape index (κ3) is 2.73. The molecule has 0 heterocycles. The maximum absolute atomic E-state index is 11.3. The Morgan fingerprint density at radius 2 is 1.81 bits per heavy atom. The summed E-state index contributed by atoms with van der Waals surface area (Å²) in [6.45, 7) is 8.68. The van der Waals surface area contributed by atoms with Crippen molar-refractivity contribution < 1.29 is 4.79 Å². The Bertz CT molecular complexity index is 389. The molecular weight excluding hydrogens is 200 g/mol. The molecule has 2 N–H and O–H groups in total. The van der Waals surface area contributed by atoms with E-state index in [1.165, 1.54) is 0 Å². The van der Waals surface area contributed by atoms with Crippen LogP contribution in [0.25, 0.3) is 0 Å². The van der Waals surface area contributed by atoms with Crippen LogP contribution in [0.1, 0.15) is 10.4 Å². The highest BCUT2D eigenvalue weighted by atomic mass is 16.1. The largest absolute Gasteiger partial charge is 0.366 e. The number of carbonyl (C=O) groups is 1. The van der Waals surface area contributed by atoms with Gasteiger partial charge in [0.15, 0.2) is 0 Å². The Morgan fingerprint density at radius 1 is 1.25 bits per heavy atom. The van der Waals surface area contributed by atoms with Crippen LogP contribution < -0.4 is 10.6 Å². The zero-order valence-electron chi connectivity index (χ0n) is 9.23. The molecule has 0 saturated heterocycles. The maximum atomic E-state index is 11.3. The van der Waals surface area contributed by atoms with Gasteiger partial charge >= 0.3 is 0 Å². The lowest BCUT2D eigenvalue weighted by molar-refractivity contribution is 0.100. The van der Waals surface area contributed by atoms with E-state index in [1.54, 1.807) is 24.3 Å². The number of para-hydroxylation sites is 1. The fraction of sp³-hybridized carbons (Fsp3) is 0.154. The zero-order chi connectivity index (χ0) is 12.0. The summed E-state index contributed by atoms with van der Waals surface area (Å²) >= 11 is 0. The number of amides is 1. The molecule has 1 rings (SSSR count). The number of nitrogens with two attached hydrogens (primary N) is 1. The van der Waals surface area contributed by atoms with E-state index in [1.807, 2.05) is 17.0 Å². The van der Waals surface area contributed by atoms with Gasteiger partial charge in [0.1, 0.15) is 0 Å². The van der Waals surface area contributed by atoms with Crippen molar-refractivity contribution in [2.45, 2.75) is 0 Å². The summed E-state index contributed by atoms with van der Waals surface area (Å²) in [6, 6.07) is 7.26. The first-order chi connectivity index (χ1) is 7.70. The Kier molecular flexibility index (Phi) is 4.33. The molecule has 0 unspecified atom stereocenters. The molecule has 0 fully saturated rings. The van der Waals surface area contributed by atoms with E-state index in [0.29, 0.717) is 18.7 Å². The third-order valence-electron chi connectivity index (χ3n) is 2.21. The molecule has 84 valence electrons. The second-order valence-electron chi connectivity index (χ2n) is 3.36. The van der Waals surface area contributed by atoms with Crippen LogP contribution in [-0.4, -0.2) is 19.0 Å². The second kappa shape index (κ2) is 5.75. The first-order valence-corrected chi connectivity index (χ1v) is 5.06. The van der Waals surface area contributed by atoms with Crippen molar-refractivity contribution in [1.82, 2.24) is 0 Å². The summed E-state index contributed by atoms with van der Waals surface area (Å²) in [5.41, 5.74) is 6.66. The second-order valence-corrected chi connectivity index (χ2v) is 3.36. The van der Waals surface area contributed by atoms with Gasteiger partial charge in [0.25, 0.3) is 5.91 Å². The summed E-state index contributed by atoms with van der Waals surface area (Å²) in [5.74, 6) is -0.422. The van der Waals surface area contributed by atoms with Gasteiger partial charge in [0, 0.05) is 13.1 Å². The Morgan fingerprint density at radius 3 is 2.31 bits per heavy atom. The van der Waals surface area contributed by atoms with Gasteiger partial charge in [-0.05, 0) is 12.1 Å². The lowest BCUT2D eigenvalue weighted by atomic mass is 10.1. The minimum atomic E-state index is -0.422. The predicted molar refractivity (Wildman–Crippen MR) is 67.6 cm³/mol. The van der Waals surface area contributed by atoms with Gasteiger partial charge < -0.3 is 10.6 Å². The van der Waals surface area contributed by atoms with Gasteiger partial charge in [-0.25, -0.2) is 0 Å². The molecule has 3 nitrogen and oxygen atoms in total. The van der Waals surface area contributed by atoms with Crippen molar-refractivity contribution in [3.8, 4) is 0 Å². The van der Waals surface area contributed by atoms with E-state index in [9.17, 15) is 4.79 Å². The lowest BCUT2D eigenvalue weighted by Gasteiger charge is -2.23. The molecule has 0 atom stereocenters. The maximum Gasteiger partial charge on any atom is 0.250 e. The Hall–Kier alpha value is -2.03. The highest BCUT2D eigenvalue weighted by Gasteiger charge is 2.11. The van der Waals surface area contributed by atoms with Gasteiger partial charge in [0.05, 0.1) is 11.3 Å². The molecule has 0 aliphatic carbocycles. The first-order valence-electron chi connectivity index (χ1n) is 5.06. The molecule has 0 radical (unpaired) electrons. The van der Waals surface area contributed by atoms with E-state index in [4.69, 9.17) is 5.73 Å². The summed E-state index contributed by atoms with van der Waals surface area (Å²) in [4.78, 5) is 13.3. The monoisotopic (exact) mass is 216 g/mol. The van der Waals surface area contributed by atoms with Gasteiger partial charge in [-0.15, -0.1) is 13.2 Å². The average Bonchev–Trinajstić information content (AvgIpc) is 2.29. The number of benzene rings is 1. The minimum absolute atomic E-state index is 0.422. The van der Waals surface area contributed by atoms with Crippen LogP contribution in [0.3, 0.4) is 0 Å². The van der Waals surface area contributed by atoms with Crippen molar-refractivity contribution in [2.75, 3.05) is 18.0 Å². The molecule has 1 aromatic carbocycles. The van der Waals surface area contributed by atoms with Gasteiger partial charge in [-0.1, -0.05) is 24.3 Å². The van der Waals surface area contributed by atoms with Gasteiger partial charge in [-0.3, -0.25) is 4.79 Å². The zero-order valence-corrected chi connectivity index (χ0v) is 9.23. The van der Waals surface area contributed by atoms with Crippen LogP contribution in [0.15, 0.2) is 49.6 Å². The standard InChI is InChI=1S/C13H16N2O/c1-3-9-15(10-4-2)12-8-6-5-7-11(12)13(14)16/h3-8H,1-2,9-10H2,(H2,14,16). The highest BCUT2D eigenvalue weighted by molar-refractivity contribution is 5.98. The molecule has 1 aromatic rings. The van der Waals surface area contributed by atoms with Crippen molar-refractivity contribution in [1.29, 1.82) is 0 Å². The third-order valence-corrected chi connectivity index (χ3v) is 2.21. The Balaban J connectivity index is 3.11. The van der Waals surface area contributed by atoms with Crippen molar-refractivity contribution >= 4 is 11.6 Å². The van der Waals surface area contributed by atoms with E-state index >= 15 is 0 Å². The molecule has 16 heavy (non-hydrogen) atoms. The minimum Gasteiger partial charge on any atom is -0.366 e. The van der Waals surface area contributed by atoms with Gasteiger partial charge in [0.2, 0.25) is 0 Å². The predicted octanol–water partition coefficient (Wildman–Crippen LogP) is 1.96. The van der Waals surface area contributed by atoms with Crippen molar-refractivity contribution in [2.24, 2.45) is 5.73 Å². The number of primary amides is 1. The number of nitrogens with zero attached hydrogens (tertiary/aromatic N) is 1. The quantitative estimate of drug-likeness (QED) is 0.739. The van der Waals surface area contributed by atoms with Crippen LogP contribution in [0, 0.1) is 0 Å². The fourth-order valence-corrected chi connectivity index (χ4v) is 1.54. The molecule has 0 spiro atoms. The van der Waals surface area contributed by atoms with E-state index in [-0.39, 0.29) is 0 Å². The van der Waals surface area contributed by atoms with Crippen molar-refractivity contribution in [3.05, 3.63) is 55.1 Å². The molecule has 0 bridgehead atoms. The molecule has 0 aliphatic rings. The first kappa shape index (κ1) is 12.0. The normalized spacial score (nSPS) is 9.50. The summed E-state index contributed by atoms with van der Waals surface area (Å²) in [7, 11) is 0. The van der Waals surface area contributed by atoms with Crippen LogP contribution in [0.5, 0.6) is 0 Å². The topological polar surface area (TPSA) is 46.3 Å². The summed E-state index contributed by atoms with van der Waals surface area (Å²) in [5, 5.41) is 0. The molecule has 3 heteroatoms. The summed E-state index contributed by atoms with van der Waals surface area (Å²) < 4.78 is 0. The number of carbonyl (C=O) groups excluding carboxylic acids is 1. The van der Waals surface area contributed by atoms with Crippen LogP contribution in [0.2, 0.25) is 0 Å². The molecule has 0 saturated carbocycles. The smallest absolute Gasteiger partial charge is 0.250 e. The average molecular weight is 216 g/mol. The number of rotatable bonds is 6. The molecule has 0 aliphatic heterocycles. The number of anilines is 1. The number of hydrogen-bond acceptors (Lipinski definition) is 2. The van der Waals surface area contributed by atoms with Crippen LogP contribution in [-0.2, 0) is 0 Å². The molecule has 0 aromatic heterocycles. The van der Waals surface area contributed by atoms with E-state index in [2.05, 4.69) is 13.2 Å². The van der Waals surface area contributed by atoms with Gasteiger partial charge in [-0.2, -0.15) is 0 Å². The lowest BCUT2D eigenvalue weighted by Crippen LogP contribution is -2.26. The fourth-order valence-electron chi connectivity index (χ4n) is 1.54. The highest BCUT2D eigenvalue weighted by Crippen LogP contribution is 2.19. The molecular formula is C13H16N2O. The Labute approximate surface area is 95.9 Å².